The highest BCUT2D eigenvalue weighted by atomic mass is 33.1. The zero-order valence-electron chi connectivity index (χ0n) is 40.8. The maximum absolute atomic E-state index is 14.1. The van der Waals surface area contributed by atoms with Crippen LogP contribution in [0.15, 0.2) is 25.3 Å². The van der Waals surface area contributed by atoms with Crippen molar-refractivity contribution in [3.63, 3.8) is 0 Å². The monoisotopic (exact) mass is 1070 g/mol. The first-order valence-electron chi connectivity index (χ1n) is 22.9. The molecule has 32 heteroatoms. The lowest BCUT2D eigenvalue weighted by Gasteiger charge is -2.28. The smallest absolute Gasteiger partial charge is 0.328 e. The number of amides is 8. The lowest BCUT2D eigenvalue weighted by atomic mass is 10.0. The average molecular weight is 1070 g/mol. The van der Waals surface area contributed by atoms with Crippen molar-refractivity contribution < 1.29 is 57.4 Å². The van der Waals surface area contributed by atoms with Gasteiger partial charge in [0.15, 0.2) is 22.9 Å². The topological polar surface area (TPSA) is 425 Å². The van der Waals surface area contributed by atoms with Crippen molar-refractivity contribution in [3.05, 3.63) is 25.3 Å². The molecule has 2 aliphatic heterocycles. The van der Waals surface area contributed by atoms with Crippen LogP contribution >= 0.6 is 21.6 Å². The van der Waals surface area contributed by atoms with Crippen LogP contribution in [-0.2, 0) is 70.5 Å². The van der Waals surface area contributed by atoms with E-state index in [0.717, 1.165) is 21.6 Å². The molecule has 2 aliphatic rings. The fourth-order valence-electron chi connectivity index (χ4n) is 7.15. The molecule has 74 heavy (non-hydrogen) atoms. The third-order valence-corrected chi connectivity index (χ3v) is 13.8. The summed E-state index contributed by atoms with van der Waals surface area (Å²) in [6.07, 6.45) is 4.89. The average Bonchev–Trinajstić information content (AvgIpc) is 3.96. The van der Waals surface area contributed by atoms with Crippen LogP contribution in [-0.4, -0.2) is 171 Å². The summed E-state index contributed by atoms with van der Waals surface area (Å²) in [5.74, 6) is -10.8. The zero-order chi connectivity index (χ0) is 54.0. The van der Waals surface area contributed by atoms with Gasteiger partial charge in [-0.05, 0) is 25.7 Å². The van der Waals surface area contributed by atoms with E-state index < -0.39 is 146 Å². The molecule has 0 spiro atoms. The normalized spacial score (nSPS) is 24.6. The molecule has 0 unspecified atom stereocenters. The van der Waals surface area contributed by atoms with E-state index in [2.05, 4.69) is 72.4 Å². The first kappa shape index (κ1) is 55.4. The van der Waals surface area contributed by atoms with Crippen molar-refractivity contribution in [1.29, 1.82) is 0 Å². The van der Waals surface area contributed by atoms with Gasteiger partial charge in [0, 0.05) is 11.5 Å². The van der Waals surface area contributed by atoms with E-state index in [1.807, 2.05) is 0 Å². The molecule has 0 radical (unpaired) electrons. The van der Waals surface area contributed by atoms with Gasteiger partial charge >= 0.3 is 11.9 Å². The number of hydrogen-bond acceptors (Lipinski definition) is 22. The van der Waals surface area contributed by atoms with Crippen molar-refractivity contribution in [3.8, 4) is 0 Å². The van der Waals surface area contributed by atoms with Gasteiger partial charge in [0.25, 0.3) is 0 Å². The molecule has 8 atom stereocenters. The molecule has 12 N–H and O–H groups in total. The molecule has 6 heterocycles. The Morgan fingerprint density at radius 2 is 0.959 bits per heavy atom. The number of cyclic esters (lactones) is 2. The number of carbonyl (C=O) groups is 10. The van der Waals surface area contributed by atoms with E-state index in [0.29, 0.717) is 0 Å². The van der Waals surface area contributed by atoms with Crippen molar-refractivity contribution in [2.45, 2.75) is 103 Å². The van der Waals surface area contributed by atoms with Gasteiger partial charge in [-0.1, -0.05) is 49.3 Å². The first-order chi connectivity index (χ1) is 35.1. The molecule has 4 aromatic rings. The number of carbonyl (C=O) groups excluding carboxylic acids is 10. The Morgan fingerprint density at radius 3 is 1.32 bits per heavy atom. The number of ether oxygens (including phenoxy) is 2. The molecule has 0 aromatic carbocycles. The Bertz CT molecular complexity index is 2620. The largest absolute Gasteiger partial charge is 0.461 e. The second-order valence-electron chi connectivity index (χ2n) is 17.7. The summed E-state index contributed by atoms with van der Waals surface area (Å²) in [4.78, 5) is 162. The van der Waals surface area contributed by atoms with Crippen molar-refractivity contribution in [1.82, 2.24) is 81.6 Å². The quantitative estimate of drug-likeness (QED) is 0.0588. The molecule has 2 bridgehead atoms. The van der Waals surface area contributed by atoms with Gasteiger partial charge < -0.3 is 72.6 Å². The second kappa shape index (κ2) is 24.7. The predicted molar refractivity (Wildman–Crippen MR) is 263 cm³/mol. The molecule has 8 amide bonds. The molecule has 0 aliphatic carbocycles. The van der Waals surface area contributed by atoms with E-state index >= 15 is 0 Å². The van der Waals surface area contributed by atoms with Gasteiger partial charge in [-0.2, -0.15) is 0 Å². The number of nitrogens with zero attached hydrogens (tertiary/aromatic N) is 8. The number of aromatic nitrogens is 8. The summed E-state index contributed by atoms with van der Waals surface area (Å²) in [7, 11) is 1.98. The lowest BCUT2D eigenvalue weighted by molar-refractivity contribution is -0.152. The van der Waals surface area contributed by atoms with Crippen LogP contribution in [0.2, 0.25) is 0 Å². The van der Waals surface area contributed by atoms with Gasteiger partial charge in [-0.15, -0.1) is 0 Å². The number of nitrogens with one attached hydrogen (secondary N) is 8. The highest BCUT2D eigenvalue weighted by Gasteiger charge is 2.37. The fourth-order valence-corrected chi connectivity index (χ4v) is 9.48. The number of hydrogen-bond donors (Lipinski definition) is 10. The Kier molecular flexibility index (Phi) is 18.5. The minimum absolute atomic E-state index is 0.0538. The van der Waals surface area contributed by atoms with Crippen LogP contribution in [0.5, 0.6) is 0 Å². The van der Waals surface area contributed by atoms with Gasteiger partial charge in [-0.3, -0.25) is 38.4 Å². The standard InChI is InChI=1S/C42H56N18O12S2/c1-17(2)27-41(69)71-9-21(53-25(61)7-59-15-49-29-31(43)45-13-47-33(29)59)37(65)51-20(6)36(64)56-24-12-74-73-11-23(39(67)57-27)55-35(63)19(5)52-38(66)22(10-72-42(70)28(18(3)4)58-40(24)68)54-26(62)8-60-16-50-30-32(44)46-14-48-34(30)60/h13-24,27-28H,7-12H2,1-6H3,(H,51,65)(H,52,66)(H,53,61)(H,54,62)(H,55,63)(H,56,64)(H,57,67)(H,58,68)(H2,43,45,47)(H2,44,46,48)/t19-,20-,21+,22+,23-,24-,27-,28-/m0/s1. The zero-order valence-corrected chi connectivity index (χ0v) is 42.4. The SMILES string of the molecule is CC(C)[C@@H]1NC(=O)[C@@H]2CSSC[C@H](NC(=O)[C@H](C)NC(=O)[C@H](NC(=O)Cn3cnc4c(N)ncnc43)COC1=O)C(=O)N[C@@H](C(C)C)C(=O)OC[C@@H](NC(=O)Cn1cnc3c(N)ncnc31)C(=O)N[C@@H](C)C(=O)N2. The number of anilines is 2. The Balaban J connectivity index is 1.29. The van der Waals surface area contributed by atoms with E-state index in [9.17, 15) is 47.9 Å². The molecular weight excluding hydrogens is 1010 g/mol. The highest BCUT2D eigenvalue weighted by molar-refractivity contribution is 8.76. The summed E-state index contributed by atoms with van der Waals surface area (Å²) in [5, 5.41) is 20.2. The van der Waals surface area contributed by atoms with Crippen LogP contribution in [0, 0.1) is 11.8 Å². The molecule has 398 valence electrons. The first-order valence-corrected chi connectivity index (χ1v) is 25.4. The fraction of sp³-hybridized carbons (Fsp3) is 0.524. The summed E-state index contributed by atoms with van der Waals surface area (Å²) >= 11 is 0. The van der Waals surface area contributed by atoms with Crippen molar-refractivity contribution in [2.75, 3.05) is 36.2 Å². The number of fused-ring (bicyclic) bond motifs is 7. The number of nitrogen functional groups attached to an aromatic ring is 2. The van der Waals surface area contributed by atoms with E-state index in [1.54, 1.807) is 27.7 Å². The van der Waals surface area contributed by atoms with E-state index in [4.69, 9.17) is 20.9 Å². The van der Waals surface area contributed by atoms with Crippen molar-refractivity contribution in [2.24, 2.45) is 11.8 Å². The lowest BCUT2D eigenvalue weighted by Crippen LogP contribution is -2.60. The predicted octanol–water partition coefficient (Wildman–Crippen LogP) is -4.44. The van der Waals surface area contributed by atoms with Crippen LogP contribution in [0.3, 0.4) is 0 Å². The Morgan fingerprint density at radius 1 is 0.581 bits per heavy atom. The van der Waals surface area contributed by atoms with Gasteiger partial charge in [-0.25, -0.2) is 39.5 Å². The Labute approximate surface area is 428 Å². The maximum Gasteiger partial charge on any atom is 0.328 e. The summed E-state index contributed by atoms with van der Waals surface area (Å²) in [6, 6.07) is -11.8. The van der Waals surface area contributed by atoms with Crippen LogP contribution in [0.1, 0.15) is 41.5 Å². The van der Waals surface area contributed by atoms with Crippen LogP contribution in [0.4, 0.5) is 11.6 Å². The van der Waals surface area contributed by atoms with Gasteiger partial charge in [0.05, 0.1) is 12.7 Å². The molecular formula is C42H56N18O12S2. The van der Waals surface area contributed by atoms with Crippen LogP contribution < -0.4 is 54.0 Å². The van der Waals surface area contributed by atoms with E-state index in [-0.39, 0.29) is 45.5 Å². The summed E-state index contributed by atoms with van der Waals surface area (Å²) in [5.41, 5.74) is 12.6. The number of nitrogens with two attached hydrogens (primary N) is 2. The minimum Gasteiger partial charge on any atom is -0.461 e. The van der Waals surface area contributed by atoms with Gasteiger partial charge in [0.2, 0.25) is 47.3 Å². The number of esters is 2. The molecule has 0 saturated carbocycles. The minimum atomic E-state index is -1.65. The maximum atomic E-state index is 14.1. The second-order valence-corrected chi connectivity index (χ2v) is 20.3. The molecule has 2 fully saturated rings. The van der Waals surface area contributed by atoms with E-state index in [1.165, 1.54) is 48.3 Å². The molecule has 4 aromatic heterocycles. The number of imidazole rings is 2. The molecule has 2 saturated heterocycles. The third-order valence-electron chi connectivity index (χ3n) is 11.3. The van der Waals surface area contributed by atoms with Crippen molar-refractivity contribution >= 4 is 115 Å². The highest BCUT2D eigenvalue weighted by Crippen LogP contribution is 2.24. The Hall–Kier alpha value is -7.90. The molecule has 6 rings (SSSR count). The summed E-state index contributed by atoms with van der Waals surface area (Å²) < 4.78 is 13.7. The summed E-state index contributed by atoms with van der Waals surface area (Å²) in [6.45, 7) is 6.41. The van der Waals surface area contributed by atoms with Gasteiger partial charge in [0.1, 0.15) is 98.3 Å². The molecule has 30 nitrogen and oxygen atoms in total. The van der Waals surface area contributed by atoms with Crippen LogP contribution in [0.25, 0.3) is 22.3 Å². The number of rotatable bonds is 8. The third kappa shape index (κ3) is 14.0.